The minimum absolute atomic E-state index is 0.336. The van der Waals surface area contributed by atoms with Gasteiger partial charge in [0.25, 0.3) is 0 Å². The molecule has 0 bridgehead atoms. The average Bonchev–Trinajstić information content (AvgIpc) is 2.44. The van der Waals surface area contributed by atoms with Gasteiger partial charge in [0, 0.05) is 6.61 Å². The van der Waals surface area contributed by atoms with Crippen LogP contribution in [0.1, 0.15) is 24.8 Å². The van der Waals surface area contributed by atoms with Crippen LogP contribution in [-0.2, 0) is 11.2 Å². The highest BCUT2D eigenvalue weighted by Crippen LogP contribution is 2.20. The molecule has 1 unspecified atom stereocenters. The standard InChI is InChI=1S/C14H18O/c1-12-6-5-9-15-14(10-12)11-13-7-3-2-4-8-13/h2-4,7-8,14H,1,5-6,9-11H2. The van der Waals surface area contributed by atoms with Gasteiger partial charge in [-0.2, -0.15) is 0 Å². The predicted octanol–water partition coefficient (Wildman–Crippen LogP) is 3.35. The highest BCUT2D eigenvalue weighted by molar-refractivity contribution is 5.16. The zero-order valence-electron chi connectivity index (χ0n) is 9.11. The zero-order chi connectivity index (χ0) is 10.5. The van der Waals surface area contributed by atoms with E-state index < -0.39 is 0 Å². The maximum absolute atomic E-state index is 5.82. The van der Waals surface area contributed by atoms with Crippen LogP contribution in [0, 0.1) is 0 Å². The van der Waals surface area contributed by atoms with E-state index in [1.807, 2.05) is 0 Å². The van der Waals surface area contributed by atoms with Gasteiger partial charge in [-0.3, -0.25) is 0 Å². The van der Waals surface area contributed by atoms with Gasteiger partial charge in [0.05, 0.1) is 6.10 Å². The summed E-state index contributed by atoms with van der Waals surface area (Å²) in [5.74, 6) is 0. The van der Waals surface area contributed by atoms with Gasteiger partial charge in [-0.15, -0.1) is 0 Å². The zero-order valence-corrected chi connectivity index (χ0v) is 9.11. The van der Waals surface area contributed by atoms with Crippen molar-refractivity contribution in [3.63, 3.8) is 0 Å². The highest BCUT2D eigenvalue weighted by Gasteiger charge is 2.14. The molecule has 1 heteroatoms. The van der Waals surface area contributed by atoms with Gasteiger partial charge >= 0.3 is 0 Å². The predicted molar refractivity (Wildman–Crippen MR) is 62.9 cm³/mol. The van der Waals surface area contributed by atoms with Gasteiger partial charge < -0.3 is 4.74 Å². The first-order chi connectivity index (χ1) is 7.34. The van der Waals surface area contributed by atoms with E-state index in [1.54, 1.807) is 0 Å². The summed E-state index contributed by atoms with van der Waals surface area (Å²) in [7, 11) is 0. The summed E-state index contributed by atoms with van der Waals surface area (Å²) in [5, 5.41) is 0. The Morgan fingerprint density at radius 3 is 2.87 bits per heavy atom. The second-order valence-electron chi connectivity index (χ2n) is 4.24. The number of hydrogen-bond acceptors (Lipinski definition) is 1. The average molecular weight is 202 g/mol. The van der Waals surface area contributed by atoms with E-state index in [-0.39, 0.29) is 0 Å². The van der Waals surface area contributed by atoms with E-state index in [0.29, 0.717) is 6.10 Å². The molecule has 0 amide bonds. The smallest absolute Gasteiger partial charge is 0.0652 e. The molecular weight excluding hydrogens is 184 g/mol. The van der Waals surface area contributed by atoms with Crippen molar-refractivity contribution in [2.24, 2.45) is 0 Å². The summed E-state index contributed by atoms with van der Waals surface area (Å²) in [4.78, 5) is 0. The van der Waals surface area contributed by atoms with Crippen molar-refractivity contribution in [3.8, 4) is 0 Å². The Kier molecular flexibility index (Phi) is 3.57. The lowest BCUT2D eigenvalue weighted by Crippen LogP contribution is -2.15. The Balaban J connectivity index is 1.96. The number of hydrogen-bond donors (Lipinski definition) is 0. The van der Waals surface area contributed by atoms with Gasteiger partial charge in [0.2, 0.25) is 0 Å². The van der Waals surface area contributed by atoms with Crippen molar-refractivity contribution in [1.29, 1.82) is 0 Å². The van der Waals surface area contributed by atoms with Crippen LogP contribution in [0.2, 0.25) is 0 Å². The summed E-state index contributed by atoms with van der Waals surface area (Å²) in [6.45, 7) is 4.97. The Labute approximate surface area is 91.8 Å². The van der Waals surface area contributed by atoms with Crippen molar-refractivity contribution in [1.82, 2.24) is 0 Å². The van der Waals surface area contributed by atoms with Crippen LogP contribution in [-0.4, -0.2) is 12.7 Å². The van der Waals surface area contributed by atoms with E-state index in [0.717, 1.165) is 32.3 Å². The largest absolute Gasteiger partial charge is 0.378 e. The first kappa shape index (κ1) is 10.4. The SMILES string of the molecule is C=C1CCCOC(Cc2ccccc2)C1. The molecule has 1 heterocycles. The van der Waals surface area contributed by atoms with Crippen LogP contribution >= 0.6 is 0 Å². The molecule has 1 aliphatic heterocycles. The monoisotopic (exact) mass is 202 g/mol. The van der Waals surface area contributed by atoms with Crippen molar-refractivity contribution in [2.45, 2.75) is 31.8 Å². The van der Waals surface area contributed by atoms with Gasteiger partial charge in [-0.1, -0.05) is 42.5 Å². The van der Waals surface area contributed by atoms with E-state index >= 15 is 0 Å². The second kappa shape index (κ2) is 5.13. The Morgan fingerprint density at radius 1 is 1.27 bits per heavy atom. The molecule has 0 aromatic heterocycles. The number of ether oxygens (including phenoxy) is 1. The molecule has 1 saturated heterocycles. The van der Waals surface area contributed by atoms with Gasteiger partial charge in [-0.25, -0.2) is 0 Å². The fourth-order valence-corrected chi connectivity index (χ4v) is 2.06. The quantitative estimate of drug-likeness (QED) is 0.668. The molecule has 0 aliphatic carbocycles. The molecule has 0 spiro atoms. The second-order valence-corrected chi connectivity index (χ2v) is 4.24. The van der Waals surface area contributed by atoms with Crippen LogP contribution in [0.5, 0.6) is 0 Å². The lowest BCUT2D eigenvalue weighted by Gasteiger charge is -2.15. The van der Waals surface area contributed by atoms with Crippen molar-refractivity contribution >= 4 is 0 Å². The van der Waals surface area contributed by atoms with Crippen LogP contribution in [0.25, 0.3) is 0 Å². The fraction of sp³-hybridized carbons (Fsp3) is 0.429. The van der Waals surface area contributed by atoms with Crippen LogP contribution in [0.4, 0.5) is 0 Å². The Morgan fingerprint density at radius 2 is 2.07 bits per heavy atom. The summed E-state index contributed by atoms with van der Waals surface area (Å²) < 4.78 is 5.82. The molecular formula is C14H18O. The van der Waals surface area contributed by atoms with Gasteiger partial charge in [-0.05, 0) is 31.2 Å². The first-order valence-electron chi connectivity index (χ1n) is 5.67. The van der Waals surface area contributed by atoms with Gasteiger partial charge in [0.1, 0.15) is 0 Å². The topological polar surface area (TPSA) is 9.23 Å². The Hall–Kier alpha value is -1.08. The molecule has 1 fully saturated rings. The molecule has 15 heavy (non-hydrogen) atoms. The van der Waals surface area contributed by atoms with Gasteiger partial charge in [0.15, 0.2) is 0 Å². The lowest BCUT2D eigenvalue weighted by atomic mass is 10.0. The molecule has 1 nitrogen and oxygen atoms in total. The minimum Gasteiger partial charge on any atom is -0.378 e. The maximum atomic E-state index is 5.82. The van der Waals surface area contributed by atoms with E-state index in [4.69, 9.17) is 4.74 Å². The third-order valence-corrected chi connectivity index (χ3v) is 2.85. The molecule has 1 aliphatic rings. The fourth-order valence-electron chi connectivity index (χ4n) is 2.06. The Bertz CT molecular complexity index is 315. The molecule has 1 atom stereocenters. The third-order valence-electron chi connectivity index (χ3n) is 2.85. The normalized spacial score (nSPS) is 22.4. The summed E-state index contributed by atoms with van der Waals surface area (Å²) in [5.41, 5.74) is 2.70. The molecule has 0 saturated carbocycles. The molecule has 1 aromatic rings. The molecule has 0 radical (unpaired) electrons. The summed E-state index contributed by atoms with van der Waals surface area (Å²) >= 11 is 0. The maximum Gasteiger partial charge on any atom is 0.0652 e. The van der Waals surface area contributed by atoms with Crippen LogP contribution in [0.15, 0.2) is 42.5 Å². The van der Waals surface area contributed by atoms with Crippen molar-refractivity contribution in [2.75, 3.05) is 6.61 Å². The van der Waals surface area contributed by atoms with E-state index in [9.17, 15) is 0 Å². The number of rotatable bonds is 2. The molecule has 80 valence electrons. The molecule has 0 N–H and O–H groups in total. The lowest BCUT2D eigenvalue weighted by molar-refractivity contribution is 0.0621. The summed E-state index contributed by atoms with van der Waals surface area (Å²) in [6, 6.07) is 10.5. The van der Waals surface area contributed by atoms with E-state index in [2.05, 4.69) is 36.9 Å². The molecule has 2 rings (SSSR count). The van der Waals surface area contributed by atoms with Crippen molar-refractivity contribution in [3.05, 3.63) is 48.0 Å². The number of benzene rings is 1. The van der Waals surface area contributed by atoms with Crippen LogP contribution in [0.3, 0.4) is 0 Å². The van der Waals surface area contributed by atoms with E-state index in [1.165, 1.54) is 11.1 Å². The molecule has 1 aromatic carbocycles. The third kappa shape index (κ3) is 3.21. The first-order valence-corrected chi connectivity index (χ1v) is 5.67. The van der Waals surface area contributed by atoms with Crippen molar-refractivity contribution < 1.29 is 4.74 Å². The highest BCUT2D eigenvalue weighted by atomic mass is 16.5. The minimum atomic E-state index is 0.336. The summed E-state index contributed by atoms with van der Waals surface area (Å²) in [6.07, 6.45) is 4.63. The van der Waals surface area contributed by atoms with Crippen LogP contribution < -0.4 is 0 Å².